The van der Waals surface area contributed by atoms with Gasteiger partial charge in [0, 0.05) is 32.7 Å². The molecule has 0 spiro atoms. The van der Waals surface area contributed by atoms with Gasteiger partial charge in [-0.05, 0) is 6.82 Å². The Morgan fingerprint density at radius 1 is 1.62 bits per heavy atom. The van der Waals surface area contributed by atoms with E-state index in [1.165, 1.54) is 4.81 Å². The molecule has 0 fully saturated rings. The standard InChI is InChI=1S/C7H14BNO2.W.Y/c1-6(10)7(2,3)9(5)8(4)11;;/h10-11H,1-2,5H2,3-4H3;;/q-2;+2;. The molecule has 0 saturated carbocycles. The van der Waals surface area contributed by atoms with Gasteiger partial charge in [-0.25, -0.2) is 0 Å². The molecule has 1 unspecified atom stereocenters. The van der Waals surface area contributed by atoms with Crippen LogP contribution < -0.4 is 0 Å². The van der Waals surface area contributed by atoms with Gasteiger partial charge in [0.05, 0.1) is 5.76 Å². The Morgan fingerprint density at radius 2 is 1.92 bits per heavy atom. The summed E-state index contributed by atoms with van der Waals surface area (Å²) in [7, 11) is 2.77. The van der Waals surface area contributed by atoms with Crippen LogP contribution in [0, 0.1) is 14.0 Å². The number of aliphatic hydroxyl groups is 1. The fourth-order valence-electron chi connectivity index (χ4n) is 0.578. The third-order valence-electron chi connectivity index (χ3n) is 1.71. The third kappa shape index (κ3) is 5.69. The smallest absolute Gasteiger partial charge is 0.514 e. The third-order valence-corrected chi connectivity index (χ3v) is 1.71. The van der Waals surface area contributed by atoms with Gasteiger partial charge < -0.3 is 21.9 Å². The second kappa shape index (κ2) is 7.59. The normalized spacial score (nSPS) is 13.7. The Hall–Kier alpha value is 1.32. The Kier molecular flexibility index (Phi) is 11.6. The van der Waals surface area contributed by atoms with Crippen LogP contribution in [0.15, 0.2) is 12.3 Å². The molecule has 0 saturated heterocycles. The SMILES string of the molecule is C=C(O)C([CH2-])(C)N([CH2-])B(C)O.[W+2].[Y]. The number of aliphatic hydroxyl groups excluding tert-OH is 1. The first-order valence-electron chi connectivity index (χ1n) is 3.31. The van der Waals surface area contributed by atoms with Crippen molar-refractivity contribution in [1.82, 2.24) is 4.81 Å². The Bertz CT molecular complexity index is 167. The van der Waals surface area contributed by atoms with Gasteiger partial charge in [-0.1, -0.05) is 19.0 Å². The van der Waals surface area contributed by atoms with Crippen molar-refractivity contribution in [1.29, 1.82) is 0 Å². The van der Waals surface area contributed by atoms with Gasteiger partial charge in [-0.2, -0.15) is 0 Å². The molecule has 1 atom stereocenters. The predicted octanol–water partition coefficient (Wildman–Crippen LogP) is 0.850. The fourth-order valence-corrected chi connectivity index (χ4v) is 0.578. The minimum Gasteiger partial charge on any atom is -0.514 e. The summed E-state index contributed by atoms with van der Waals surface area (Å²) in [6.07, 6.45) is 0. The Balaban J connectivity index is -0.000000500. The minimum absolute atomic E-state index is 0. The molecule has 0 aliphatic rings. The van der Waals surface area contributed by atoms with E-state index in [1.807, 2.05) is 0 Å². The van der Waals surface area contributed by atoms with Crippen LogP contribution in [0.25, 0.3) is 0 Å². The molecular weight excluding hydrogens is 414 g/mol. The van der Waals surface area contributed by atoms with E-state index in [0.717, 1.165) is 0 Å². The van der Waals surface area contributed by atoms with E-state index in [4.69, 9.17) is 10.1 Å². The summed E-state index contributed by atoms with van der Waals surface area (Å²) in [6, 6.07) is 0. The molecular formula is C7H14BNO2WY. The van der Waals surface area contributed by atoms with Gasteiger partial charge in [-0.15, -0.1) is 0 Å². The van der Waals surface area contributed by atoms with Crippen molar-refractivity contribution < 1.29 is 63.9 Å². The zero-order chi connectivity index (χ0) is 9.23. The summed E-state index contributed by atoms with van der Waals surface area (Å²) in [5.41, 5.74) is -0.936. The molecule has 71 valence electrons. The molecule has 0 rings (SSSR count). The molecule has 0 aliphatic carbocycles. The van der Waals surface area contributed by atoms with Crippen molar-refractivity contribution in [2.75, 3.05) is 0 Å². The summed E-state index contributed by atoms with van der Waals surface area (Å²) in [6.45, 7) is 10.1. The van der Waals surface area contributed by atoms with Crippen molar-refractivity contribution in [2.45, 2.75) is 19.3 Å². The fraction of sp³-hybridized carbons (Fsp3) is 0.429. The molecule has 0 aromatic carbocycles. The molecule has 3 nitrogen and oxygen atoms in total. The number of hydrogen-bond acceptors (Lipinski definition) is 3. The van der Waals surface area contributed by atoms with Crippen LogP contribution in [0.1, 0.15) is 6.92 Å². The van der Waals surface area contributed by atoms with Crippen LogP contribution in [-0.4, -0.2) is 27.5 Å². The average molecular weight is 428 g/mol. The largest absolute Gasteiger partial charge is 2.00 e. The molecule has 0 aromatic rings. The van der Waals surface area contributed by atoms with Gasteiger partial charge in [0.1, 0.15) is 0 Å². The quantitative estimate of drug-likeness (QED) is 0.399. The van der Waals surface area contributed by atoms with E-state index in [9.17, 15) is 0 Å². The van der Waals surface area contributed by atoms with E-state index in [1.54, 1.807) is 13.7 Å². The van der Waals surface area contributed by atoms with E-state index < -0.39 is 12.6 Å². The zero-order valence-electron chi connectivity index (χ0n) is 8.03. The topological polar surface area (TPSA) is 43.7 Å². The molecule has 6 heteroatoms. The summed E-state index contributed by atoms with van der Waals surface area (Å²) in [4.78, 5) is 1.27. The van der Waals surface area contributed by atoms with Crippen molar-refractivity contribution in [3.05, 3.63) is 26.3 Å². The van der Waals surface area contributed by atoms with Gasteiger partial charge in [-0.3, -0.25) is 7.05 Å². The summed E-state index contributed by atoms with van der Waals surface area (Å²) < 4.78 is 0. The van der Waals surface area contributed by atoms with Crippen LogP contribution in [0.3, 0.4) is 0 Å². The second-order valence-electron chi connectivity index (χ2n) is 2.82. The summed E-state index contributed by atoms with van der Waals surface area (Å²) in [5, 5.41) is 18.1. The van der Waals surface area contributed by atoms with Crippen LogP contribution in [0.4, 0.5) is 0 Å². The van der Waals surface area contributed by atoms with Crippen molar-refractivity contribution in [3.8, 4) is 0 Å². The molecule has 13 heavy (non-hydrogen) atoms. The molecule has 0 aromatic heterocycles. The van der Waals surface area contributed by atoms with Gasteiger partial charge in [0.25, 0.3) is 0 Å². The number of rotatable bonds is 3. The Morgan fingerprint density at radius 3 is 2.00 bits per heavy atom. The van der Waals surface area contributed by atoms with E-state index in [2.05, 4.69) is 20.6 Å². The van der Waals surface area contributed by atoms with E-state index in [0.29, 0.717) is 0 Å². The van der Waals surface area contributed by atoms with Crippen molar-refractivity contribution in [3.63, 3.8) is 0 Å². The second-order valence-corrected chi connectivity index (χ2v) is 2.82. The van der Waals surface area contributed by atoms with Crippen LogP contribution in [0.5, 0.6) is 0 Å². The van der Waals surface area contributed by atoms with Crippen LogP contribution >= 0.6 is 0 Å². The minimum atomic E-state index is -0.936. The van der Waals surface area contributed by atoms with Gasteiger partial charge >= 0.3 is 28.1 Å². The summed E-state index contributed by atoms with van der Waals surface area (Å²) >= 11 is 0. The molecule has 0 bridgehead atoms. The van der Waals surface area contributed by atoms with Crippen molar-refractivity contribution >= 4 is 7.05 Å². The monoisotopic (exact) mass is 428 g/mol. The molecule has 0 amide bonds. The maximum atomic E-state index is 9.08. The molecule has 1 radical (unpaired) electrons. The van der Waals surface area contributed by atoms with E-state index in [-0.39, 0.29) is 59.5 Å². The van der Waals surface area contributed by atoms with Gasteiger partial charge in [0.15, 0.2) is 0 Å². The first-order chi connectivity index (χ1) is 4.80. The maximum absolute atomic E-state index is 9.08. The number of nitrogens with zero attached hydrogens (tertiary/aromatic N) is 1. The van der Waals surface area contributed by atoms with E-state index >= 15 is 0 Å². The van der Waals surface area contributed by atoms with Crippen molar-refractivity contribution in [2.24, 2.45) is 0 Å². The first-order valence-corrected chi connectivity index (χ1v) is 3.31. The van der Waals surface area contributed by atoms with Crippen LogP contribution in [-0.2, 0) is 53.8 Å². The number of hydrogen-bond donors (Lipinski definition) is 2. The Labute approximate surface area is 120 Å². The average Bonchev–Trinajstić information content (AvgIpc) is 1.85. The van der Waals surface area contributed by atoms with Gasteiger partial charge in [0.2, 0.25) is 0 Å². The first kappa shape index (κ1) is 19.8. The van der Waals surface area contributed by atoms with Crippen LogP contribution in [0.2, 0.25) is 6.82 Å². The maximum Gasteiger partial charge on any atom is 2.00 e. The molecule has 0 heterocycles. The molecule has 2 N–H and O–H groups in total. The predicted molar refractivity (Wildman–Crippen MR) is 46.6 cm³/mol. The zero-order valence-corrected chi connectivity index (χ0v) is 13.8. The molecule has 0 aliphatic heterocycles. The summed E-state index contributed by atoms with van der Waals surface area (Å²) in [5.74, 6) is -0.117.